The minimum atomic E-state index is 0.167. The van der Waals surface area contributed by atoms with Crippen LogP contribution in [0.3, 0.4) is 0 Å². The summed E-state index contributed by atoms with van der Waals surface area (Å²) in [5.41, 5.74) is 1.26. The average Bonchev–Trinajstić information content (AvgIpc) is 2.36. The lowest BCUT2D eigenvalue weighted by atomic mass is 10.1. The van der Waals surface area contributed by atoms with Gasteiger partial charge >= 0.3 is 0 Å². The summed E-state index contributed by atoms with van der Waals surface area (Å²) in [6, 6.07) is 10.4. The van der Waals surface area contributed by atoms with Crippen molar-refractivity contribution in [2.75, 3.05) is 20.2 Å². The molecule has 17 heavy (non-hydrogen) atoms. The Morgan fingerprint density at radius 1 is 1.24 bits per heavy atom. The molecule has 0 bridgehead atoms. The first kappa shape index (κ1) is 14.2. The van der Waals surface area contributed by atoms with Crippen LogP contribution in [0.2, 0.25) is 0 Å². The number of benzene rings is 1. The van der Waals surface area contributed by atoms with Crippen LogP contribution in [0, 0.1) is 5.92 Å². The van der Waals surface area contributed by atoms with Gasteiger partial charge in [-0.25, -0.2) is 0 Å². The van der Waals surface area contributed by atoms with Crippen molar-refractivity contribution in [1.82, 2.24) is 5.32 Å². The SMILES string of the molecule is CCCC(C)COC(CNC)c1ccccc1. The lowest BCUT2D eigenvalue weighted by Crippen LogP contribution is -2.21. The summed E-state index contributed by atoms with van der Waals surface area (Å²) < 4.78 is 6.02. The lowest BCUT2D eigenvalue weighted by Gasteiger charge is -2.20. The molecule has 1 aromatic carbocycles. The Morgan fingerprint density at radius 2 is 1.94 bits per heavy atom. The molecule has 1 aromatic rings. The molecular formula is C15H25NO. The summed E-state index contributed by atoms with van der Waals surface area (Å²) in [5.74, 6) is 0.642. The van der Waals surface area contributed by atoms with Gasteiger partial charge in [-0.1, -0.05) is 50.6 Å². The molecule has 1 N–H and O–H groups in total. The Balaban J connectivity index is 2.49. The second kappa shape index (κ2) is 8.26. The number of hydrogen-bond donors (Lipinski definition) is 1. The molecule has 0 fully saturated rings. The van der Waals surface area contributed by atoms with Crippen LogP contribution in [0.25, 0.3) is 0 Å². The maximum atomic E-state index is 6.02. The van der Waals surface area contributed by atoms with E-state index in [1.165, 1.54) is 18.4 Å². The van der Waals surface area contributed by atoms with Gasteiger partial charge in [-0.15, -0.1) is 0 Å². The fourth-order valence-electron chi connectivity index (χ4n) is 1.98. The largest absolute Gasteiger partial charge is 0.372 e. The second-order valence-corrected chi connectivity index (χ2v) is 4.68. The van der Waals surface area contributed by atoms with Crippen molar-refractivity contribution in [1.29, 1.82) is 0 Å². The first-order valence-electron chi connectivity index (χ1n) is 6.59. The maximum Gasteiger partial charge on any atom is 0.0949 e. The van der Waals surface area contributed by atoms with E-state index in [1.807, 2.05) is 13.1 Å². The van der Waals surface area contributed by atoms with Gasteiger partial charge in [0.1, 0.15) is 0 Å². The highest BCUT2D eigenvalue weighted by Crippen LogP contribution is 2.18. The number of nitrogens with one attached hydrogen (secondary N) is 1. The van der Waals surface area contributed by atoms with Gasteiger partial charge < -0.3 is 10.1 Å². The van der Waals surface area contributed by atoms with Crippen molar-refractivity contribution >= 4 is 0 Å². The van der Waals surface area contributed by atoms with E-state index in [0.717, 1.165) is 13.2 Å². The van der Waals surface area contributed by atoms with Crippen molar-refractivity contribution in [2.45, 2.75) is 32.8 Å². The molecule has 2 nitrogen and oxygen atoms in total. The summed E-state index contributed by atoms with van der Waals surface area (Å²) in [7, 11) is 1.97. The number of ether oxygens (including phenoxy) is 1. The molecule has 1 rings (SSSR count). The second-order valence-electron chi connectivity index (χ2n) is 4.68. The van der Waals surface area contributed by atoms with Crippen LogP contribution in [0.5, 0.6) is 0 Å². The van der Waals surface area contributed by atoms with Crippen LogP contribution in [0.1, 0.15) is 38.4 Å². The Kier molecular flexibility index (Phi) is 6.90. The summed E-state index contributed by atoms with van der Waals surface area (Å²) in [6.45, 7) is 6.18. The van der Waals surface area contributed by atoms with Crippen molar-refractivity contribution < 1.29 is 4.74 Å². The molecule has 96 valence electrons. The molecule has 2 unspecified atom stereocenters. The van der Waals surface area contributed by atoms with Crippen molar-refractivity contribution in [3.8, 4) is 0 Å². The van der Waals surface area contributed by atoms with Crippen LogP contribution < -0.4 is 5.32 Å². The zero-order valence-corrected chi connectivity index (χ0v) is 11.3. The number of rotatable bonds is 8. The van der Waals surface area contributed by atoms with Crippen LogP contribution in [-0.2, 0) is 4.74 Å². The average molecular weight is 235 g/mol. The third-order valence-corrected chi connectivity index (χ3v) is 2.92. The molecule has 0 saturated carbocycles. The monoisotopic (exact) mass is 235 g/mol. The quantitative estimate of drug-likeness (QED) is 0.745. The Bertz CT molecular complexity index is 286. The van der Waals surface area contributed by atoms with E-state index in [2.05, 4.69) is 43.4 Å². The molecule has 0 radical (unpaired) electrons. The van der Waals surface area contributed by atoms with E-state index < -0.39 is 0 Å². The molecule has 2 atom stereocenters. The van der Waals surface area contributed by atoms with Gasteiger partial charge in [-0.2, -0.15) is 0 Å². The minimum Gasteiger partial charge on any atom is -0.372 e. The molecule has 0 spiro atoms. The van der Waals surface area contributed by atoms with Crippen molar-refractivity contribution in [3.63, 3.8) is 0 Å². The van der Waals surface area contributed by atoms with Gasteiger partial charge in [0, 0.05) is 6.54 Å². The topological polar surface area (TPSA) is 21.3 Å². The van der Waals surface area contributed by atoms with Gasteiger partial charge in [0.25, 0.3) is 0 Å². The predicted octanol–water partition coefficient (Wildman–Crippen LogP) is 3.40. The normalized spacial score (nSPS) is 14.5. The Labute approximate surface area is 105 Å². The Morgan fingerprint density at radius 3 is 2.53 bits per heavy atom. The molecule has 0 heterocycles. The highest BCUT2D eigenvalue weighted by molar-refractivity contribution is 5.17. The van der Waals surface area contributed by atoms with Crippen molar-refractivity contribution in [2.24, 2.45) is 5.92 Å². The molecule has 0 saturated heterocycles. The minimum absolute atomic E-state index is 0.167. The van der Waals surface area contributed by atoms with Gasteiger partial charge in [0.2, 0.25) is 0 Å². The highest BCUT2D eigenvalue weighted by atomic mass is 16.5. The highest BCUT2D eigenvalue weighted by Gasteiger charge is 2.12. The van der Waals surface area contributed by atoms with E-state index in [-0.39, 0.29) is 6.10 Å². The lowest BCUT2D eigenvalue weighted by molar-refractivity contribution is 0.0310. The fraction of sp³-hybridized carbons (Fsp3) is 0.600. The summed E-state index contributed by atoms with van der Waals surface area (Å²) in [4.78, 5) is 0. The maximum absolute atomic E-state index is 6.02. The summed E-state index contributed by atoms with van der Waals surface area (Å²) in [5, 5.41) is 3.20. The van der Waals surface area contributed by atoms with E-state index in [0.29, 0.717) is 5.92 Å². The summed E-state index contributed by atoms with van der Waals surface area (Å²) >= 11 is 0. The van der Waals surface area contributed by atoms with Gasteiger partial charge in [0.15, 0.2) is 0 Å². The number of hydrogen-bond acceptors (Lipinski definition) is 2. The van der Waals surface area contributed by atoms with Gasteiger partial charge in [0.05, 0.1) is 12.7 Å². The molecule has 0 aliphatic rings. The number of likely N-dealkylation sites (N-methyl/N-ethyl adjacent to an activating group) is 1. The van der Waals surface area contributed by atoms with Crippen molar-refractivity contribution in [3.05, 3.63) is 35.9 Å². The van der Waals surface area contributed by atoms with E-state index >= 15 is 0 Å². The third kappa shape index (κ3) is 5.33. The molecule has 0 aromatic heterocycles. The Hall–Kier alpha value is -0.860. The zero-order chi connectivity index (χ0) is 12.5. The smallest absolute Gasteiger partial charge is 0.0949 e. The van der Waals surface area contributed by atoms with E-state index in [9.17, 15) is 0 Å². The molecule has 0 aliphatic heterocycles. The van der Waals surface area contributed by atoms with Crippen LogP contribution >= 0.6 is 0 Å². The third-order valence-electron chi connectivity index (χ3n) is 2.92. The van der Waals surface area contributed by atoms with Gasteiger partial charge in [-0.3, -0.25) is 0 Å². The summed E-state index contributed by atoms with van der Waals surface area (Å²) in [6.07, 6.45) is 2.63. The molecule has 2 heteroatoms. The predicted molar refractivity (Wildman–Crippen MR) is 73.1 cm³/mol. The zero-order valence-electron chi connectivity index (χ0n) is 11.3. The standard InChI is InChI=1S/C15H25NO/c1-4-8-13(2)12-17-15(11-16-3)14-9-6-5-7-10-14/h5-7,9-10,13,15-16H,4,8,11-12H2,1-3H3. The fourth-order valence-corrected chi connectivity index (χ4v) is 1.98. The van der Waals surface area contributed by atoms with E-state index in [1.54, 1.807) is 0 Å². The van der Waals surface area contributed by atoms with Crippen LogP contribution in [0.4, 0.5) is 0 Å². The van der Waals surface area contributed by atoms with Gasteiger partial charge in [-0.05, 0) is 24.9 Å². The molecular weight excluding hydrogens is 210 g/mol. The first-order valence-corrected chi connectivity index (χ1v) is 6.59. The van der Waals surface area contributed by atoms with Crippen LogP contribution in [-0.4, -0.2) is 20.2 Å². The molecule has 0 amide bonds. The first-order chi connectivity index (χ1) is 8.27. The van der Waals surface area contributed by atoms with Crippen LogP contribution in [0.15, 0.2) is 30.3 Å². The van der Waals surface area contributed by atoms with E-state index in [4.69, 9.17) is 4.74 Å². The molecule has 0 aliphatic carbocycles.